The van der Waals surface area contributed by atoms with E-state index in [4.69, 9.17) is 4.74 Å². The van der Waals surface area contributed by atoms with Gasteiger partial charge in [-0.05, 0) is 68.5 Å². The van der Waals surface area contributed by atoms with Crippen LogP contribution in [0.25, 0.3) is 0 Å². The highest BCUT2D eigenvalue weighted by Gasteiger charge is 2.57. The van der Waals surface area contributed by atoms with E-state index in [1.54, 1.807) is 12.0 Å². The van der Waals surface area contributed by atoms with Gasteiger partial charge in [0.05, 0.1) is 7.11 Å². The van der Waals surface area contributed by atoms with E-state index in [0.717, 1.165) is 22.6 Å². The van der Waals surface area contributed by atoms with Crippen molar-refractivity contribution in [3.05, 3.63) is 59.7 Å². The number of anilines is 1. The third-order valence-electron chi connectivity index (χ3n) is 5.30. The van der Waals surface area contributed by atoms with E-state index in [9.17, 15) is 9.59 Å². The van der Waals surface area contributed by atoms with E-state index in [1.807, 2.05) is 62.4 Å². The zero-order valence-corrected chi connectivity index (χ0v) is 16.8. The van der Waals surface area contributed by atoms with E-state index in [-0.39, 0.29) is 11.8 Å². The SMILES string of the molecule is CCN(C(=O)C1(C(=O)NCCc2cccc(OC)c2)CC1)c1cccc(C)c1. The second kappa shape index (κ2) is 8.46. The van der Waals surface area contributed by atoms with Gasteiger partial charge >= 0.3 is 0 Å². The number of aryl methyl sites for hydroxylation is 1. The zero-order chi connectivity index (χ0) is 20.1. The molecule has 5 nitrogen and oxygen atoms in total. The van der Waals surface area contributed by atoms with Gasteiger partial charge in [-0.15, -0.1) is 0 Å². The largest absolute Gasteiger partial charge is 0.497 e. The third kappa shape index (κ3) is 4.19. The fourth-order valence-electron chi connectivity index (χ4n) is 3.48. The van der Waals surface area contributed by atoms with Crippen molar-refractivity contribution in [2.45, 2.75) is 33.1 Å². The Balaban J connectivity index is 1.63. The lowest BCUT2D eigenvalue weighted by molar-refractivity contribution is -0.135. The van der Waals surface area contributed by atoms with Crippen LogP contribution >= 0.6 is 0 Å². The first-order valence-electron chi connectivity index (χ1n) is 9.80. The Morgan fingerprint density at radius 1 is 1.14 bits per heavy atom. The number of carbonyl (C=O) groups excluding carboxylic acids is 2. The summed E-state index contributed by atoms with van der Waals surface area (Å²) in [5.74, 6) is 0.542. The molecule has 0 radical (unpaired) electrons. The molecule has 5 heteroatoms. The van der Waals surface area contributed by atoms with Gasteiger partial charge in [0.1, 0.15) is 11.2 Å². The molecule has 148 valence electrons. The first kappa shape index (κ1) is 19.9. The molecule has 3 rings (SSSR count). The minimum Gasteiger partial charge on any atom is -0.497 e. The fraction of sp³-hybridized carbons (Fsp3) is 0.391. The van der Waals surface area contributed by atoms with Gasteiger partial charge in [-0.25, -0.2) is 0 Å². The van der Waals surface area contributed by atoms with Gasteiger partial charge in [-0.3, -0.25) is 9.59 Å². The molecular formula is C23H28N2O3. The molecule has 0 atom stereocenters. The Kier molecular flexibility index (Phi) is 6.02. The van der Waals surface area contributed by atoms with E-state index < -0.39 is 5.41 Å². The number of hydrogen-bond donors (Lipinski definition) is 1. The van der Waals surface area contributed by atoms with Gasteiger partial charge < -0.3 is 15.0 Å². The Hall–Kier alpha value is -2.82. The van der Waals surface area contributed by atoms with E-state index in [1.165, 1.54) is 0 Å². The smallest absolute Gasteiger partial charge is 0.242 e. The summed E-state index contributed by atoms with van der Waals surface area (Å²) in [6.45, 7) is 4.98. The lowest BCUT2D eigenvalue weighted by atomic mass is 10.0. The molecule has 1 N–H and O–H groups in total. The van der Waals surface area contributed by atoms with Crippen LogP contribution in [0.5, 0.6) is 5.75 Å². The minimum absolute atomic E-state index is 0.0977. The van der Waals surface area contributed by atoms with Gasteiger partial charge in [0.15, 0.2) is 0 Å². The van der Waals surface area contributed by atoms with Crippen LogP contribution in [0.4, 0.5) is 5.69 Å². The van der Waals surface area contributed by atoms with Crippen LogP contribution in [0.2, 0.25) is 0 Å². The van der Waals surface area contributed by atoms with Crippen molar-refractivity contribution in [1.82, 2.24) is 5.32 Å². The average Bonchev–Trinajstić information content (AvgIpc) is 3.51. The van der Waals surface area contributed by atoms with Gasteiger partial charge in [-0.2, -0.15) is 0 Å². The molecule has 0 bridgehead atoms. The summed E-state index contributed by atoms with van der Waals surface area (Å²) in [6, 6.07) is 15.6. The van der Waals surface area contributed by atoms with E-state index in [0.29, 0.717) is 32.4 Å². The Morgan fingerprint density at radius 2 is 1.89 bits per heavy atom. The summed E-state index contributed by atoms with van der Waals surface area (Å²) in [5, 5.41) is 2.97. The van der Waals surface area contributed by atoms with Crippen molar-refractivity contribution >= 4 is 17.5 Å². The summed E-state index contributed by atoms with van der Waals surface area (Å²) in [4.78, 5) is 27.7. The maximum absolute atomic E-state index is 13.2. The number of ether oxygens (including phenoxy) is 1. The number of nitrogens with zero attached hydrogens (tertiary/aromatic N) is 1. The summed E-state index contributed by atoms with van der Waals surface area (Å²) in [7, 11) is 1.64. The van der Waals surface area contributed by atoms with Crippen LogP contribution in [0.1, 0.15) is 30.9 Å². The summed E-state index contributed by atoms with van der Waals surface area (Å²) in [5.41, 5.74) is 2.12. The van der Waals surface area contributed by atoms with Crippen LogP contribution < -0.4 is 15.0 Å². The second-order valence-corrected chi connectivity index (χ2v) is 7.33. The highest BCUT2D eigenvalue weighted by molar-refractivity contribution is 6.14. The molecule has 2 aromatic rings. The van der Waals surface area contributed by atoms with Crippen LogP contribution in [0.15, 0.2) is 48.5 Å². The normalized spacial score (nSPS) is 14.2. The van der Waals surface area contributed by atoms with Crippen molar-refractivity contribution in [1.29, 1.82) is 0 Å². The van der Waals surface area contributed by atoms with Crippen molar-refractivity contribution in [2.24, 2.45) is 5.41 Å². The predicted octanol–water partition coefficient (Wildman–Crippen LogP) is 3.50. The number of rotatable bonds is 8. The Labute approximate surface area is 166 Å². The molecule has 1 aliphatic rings. The standard InChI is InChI=1S/C23H28N2O3/c1-4-25(19-9-5-7-17(2)15-19)22(27)23(12-13-23)21(26)24-14-11-18-8-6-10-20(16-18)28-3/h5-10,15-16H,4,11-14H2,1-3H3,(H,24,26). The molecule has 1 fully saturated rings. The molecule has 0 aliphatic heterocycles. The van der Waals surface area contributed by atoms with Gasteiger partial charge in [-0.1, -0.05) is 24.3 Å². The molecule has 28 heavy (non-hydrogen) atoms. The maximum atomic E-state index is 13.2. The predicted molar refractivity (Wildman–Crippen MR) is 111 cm³/mol. The lowest BCUT2D eigenvalue weighted by Gasteiger charge is -2.26. The summed E-state index contributed by atoms with van der Waals surface area (Å²) in [6.07, 6.45) is 1.92. The monoisotopic (exact) mass is 380 g/mol. The highest BCUT2D eigenvalue weighted by atomic mass is 16.5. The maximum Gasteiger partial charge on any atom is 0.242 e. The number of benzene rings is 2. The average molecular weight is 380 g/mol. The zero-order valence-electron chi connectivity index (χ0n) is 16.8. The fourth-order valence-corrected chi connectivity index (χ4v) is 3.48. The van der Waals surface area contributed by atoms with Crippen LogP contribution in [0.3, 0.4) is 0 Å². The van der Waals surface area contributed by atoms with Crippen LogP contribution in [-0.2, 0) is 16.0 Å². The molecular weight excluding hydrogens is 352 g/mol. The molecule has 2 aromatic carbocycles. The summed E-state index contributed by atoms with van der Waals surface area (Å²) < 4.78 is 5.23. The molecule has 0 heterocycles. The van der Waals surface area contributed by atoms with E-state index in [2.05, 4.69) is 5.32 Å². The van der Waals surface area contributed by atoms with Crippen molar-refractivity contribution in [2.75, 3.05) is 25.1 Å². The highest BCUT2D eigenvalue weighted by Crippen LogP contribution is 2.48. The van der Waals surface area contributed by atoms with Gasteiger partial charge in [0, 0.05) is 18.8 Å². The molecule has 0 aromatic heterocycles. The molecule has 0 spiro atoms. The molecule has 0 saturated heterocycles. The van der Waals surface area contributed by atoms with Crippen molar-refractivity contribution in [3.63, 3.8) is 0 Å². The molecule has 0 unspecified atom stereocenters. The van der Waals surface area contributed by atoms with Crippen LogP contribution in [0, 0.1) is 12.3 Å². The molecule has 2 amide bonds. The lowest BCUT2D eigenvalue weighted by Crippen LogP contribution is -2.45. The number of amides is 2. The number of nitrogens with one attached hydrogen (secondary N) is 1. The van der Waals surface area contributed by atoms with Gasteiger partial charge in [0.25, 0.3) is 0 Å². The quantitative estimate of drug-likeness (QED) is 0.713. The summed E-state index contributed by atoms with van der Waals surface area (Å²) >= 11 is 0. The van der Waals surface area contributed by atoms with Gasteiger partial charge in [0.2, 0.25) is 11.8 Å². The number of hydrogen-bond acceptors (Lipinski definition) is 3. The number of methoxy groups -OCH3 is 1. The Morgan fingerprint density at radius 3 is 2.54 bits per heavy atom. The van der Waals surface area contributed by atoms with Crippen molar-refractivity contribution < 1.29 is 14.3 Å². The number of carbonyl (C=O) groups is 2. The Bertz CT molecular complexity index is 858. The topological polar surface area (TPSA) is 58.6 Å². The van der Waals surface area contributed by atoms with E-state index >= 15 is 0 Å². The molecule has 1 saturated carbocycles. The minimum atomic E-state index is -0.909. The second-order valence-electron chi connectivity index (χ2n) is 7.33. The third-order valence-corrected chi connectivity index (χ3v) is 5.30. The first-order valence-corrected chi connectivity index (χ1v) is 9.80. The van der Waals surface area contributed by atoms with Crippen LogP contribution in [-0.4, -0.2) is 32.0 Å². The van der Waals surface area contributed by atoms with Crippen molar-refractivity contribution in [3.8, 4) is 5.75 Å². The molecule has 1 aliphatic carbocycles. The first-order chi connectivity index (χ1) is 13.5.